The first-order valence-corrected chi connectivity index (χ1v) is 11.9. The molecule has 1 aromatic heterocycles. The third kappa shape index (κ3) is 5.86. The molecular weight excluding hydrogens is 380 g/mol. The molecule has 0 radical (unpaired) electrons. The number of morpholine rings is 1. The summed E-state index contributed by atoms with van der Waals surface area (Å²) in [6.45, 7) is 6.05. The van der Waals surface area contributed by atoms with Gasteiger partial charge in [-0.25, -0.2) is 13.1 Å². The van der Waals surface area contributed by atoms with Gasteiger partial charge >= 0.3 is 0 Å². The molecule has 5 nitrogen and oxygen atoms in total. The molecule has 1 N–H and O–H groups in total. The number of hydrogen-bond acceptors (Lipinski definition) is 5. The Morgan fingerprint density at radius 2 is 2.00 bits per heavy atom. The molecule has 1 aliphatic heterocycles. The van der Waals surface area contributed by atoms with E-state index in [4.69, 9.17) is 4.74 Å². The molecule has 1 saturated heterocycles. The van der Waals surface area contributed by atoms with Gasteiger partial charge in [0.1, 0.15) is 4.21 Å². The van der Waals surface area contributed by atoms with Gasteiger partial charge in [-0.2, -0.15) is 0 Å². The normalized spacial score (nSPS) is 18.6. The fourth-order valence-electron chi connectivity index (χ4n) is 3.21. The van der Waals surface area contributed by atoms with Gasteiger partial charge in [0.05, 0.1) is 12.7 Å². The number of ether oxygens (including phenoxy) is 1. The van der Waals surface area contributed by atoms with E-state index in [9.17, 15) is 8.42 Å². The Morgan fingerprint density at radius 3 is 2.74 bits per heavy atom. The van der Waals surface area contributed by atoms with E-state index in [-0.39, 0.29) is 6.10 Å². The summed E-state index contributed by atoms with van der Waals surface area (Å²) in [5, 5.41) is 0. The van der Waals surface area contributed by atoms with Crippen LogP contribution in [0.3, 0.4) is 0 Å². The molecule has 0 spiro atoms. The summed E-state index contributed by atoms with van der Waals surface area (Å²) in [6.07, 6.45) is 2.79. The van der Waals surface area contributed by atoms with Crippen molar-refractivity contribution in [2.24, 2.45) is 0 Å². The van der Waals surface area contributed by atoms with Crippen LogP contribution in [0.2, 0.25) is 0 Å². The van der Waals surface area contributed by atoms with E-state index in [2.05, 4.69) is 21.8 Å². The van der Waals surface area contributed by atoms with Crippen molar-refractivity contribution in [1.82, 2.24) is 9.62 Å². The summed E-state index contributed by atoms with van der Waals surface area (Å²) >= 11 is 1.35. The zero-order valence-corrected chi connectivity index (χ0v) is 17.4. The van der Waals surface area contributed by atoms with Crippen molar-refractivity contribution in [2.75, 3.05) is 32.8 Å². The minimum atomic E-state index is -3.36. The number of thiophene rings is 1. The summed E-state index contributed by atoms with van der Waals surface area (Å²) in [6, 6.07) is 13.9. The molecule has 148 valence electrons. The van der Waals surface area contributed by atoms with Crippen molar-refractivity contribution in [2.45, 2.75) is 36.5 Å². The molecular formula is C20H28N2O3S2. The highest BCUT2D eigenvalue weighted by molar-refractivity contribution is 7.91. The van der Waals surface area contributed by atoms with Crippen molar-refractivity contribution in [3.63, 3.8) is 0 Å². The molecule has 27 heavy (non-hydrogen) atoms. The highest BCUT2D eigenvalue weighted by atomic mass is 32.2. The van der Waals surface area contributed by atoms with Crippen LogP contribution in [0, 0.1) is 0 Å². The Balaban J connectivity index is 1.38. The highest BCUT2D eigenvalue weighted by Crippen LogP contribution is 2.23. The van der Waals surface area contributed by atoms with Gasteiger partial charge in [-0.3, -0.25) is 4.90 Å². The van der Waals surface area contributed by atoms with Crippen molar-refractivity contribution < 1.29 is 13.2 Å². The lowest BCUT2D eigenvalue weighted by Gasteiger charge is -2.33. The van der Waals surface area contributed by atoms with Gasteiger partial charge in [-0.15, -0.1) is 11.3 Å². The summed E-state index contributed by atoms with van der Waals surface area (Å²) in [4.78, 5) is 3.50. The van der Waals surface area contributed by atoms with Crippen molar-refractivity contribution >= 4 is 21.4 Å². The lowest BCUT2D eigenvalue weighted by molar-refractivity contribution is -0.0303. The van der Waals surface area contributed by atoms with Gasteiger partial charge in [-0.1, -0.05) is 37.3 Å². The molecule has 0 saturated carbocycles. The first-order chi connectivity index (χ1) is 13.1. The molecule has 2 aromatic rings. The average molecular weight is 409 g/mol. The molecule has 1 fully saturated rings. The SMILES string of the molecule is CCc1ccc(S(=O)(=O)NCCCCN2CCO[C@@H](c3ccccc3)C2)s1. The van der Waals surface area contributed by atoms with E-state index < -0.39 is 10.0 Å². The van der Waals surface area contributed by atoms with Crippen molar-refractivity contribution in [1.29, 1.82) is 0 Å². The van der Waals surface area contributed by atoms with Crippen LogP contribution in [0.4, 0.5) is 0 Å². The average Bonchev–Trinajstić information content (AvgIpc) is 3.19. The monoisotopic (exact) mass is 408 g/mol. The number of hydrogen-bond donors (Lipinski definition) is 1. The Morgan fingerprint density at radius 1 is 1.19 bits per heavy atom. The van der Waals surface area contributed by atoms with Gasteiger partial charge in [-0.05, 0) is 43.5 Å². The Hall–Kier alpha value is -1.25. The third-order valence-electron chi connectivity index (χ3n) is 4.77. The van der Waals surface area contributed by atoms with Crippen LogP contribution in [0.1, 0.15) is 36.3 Å². The van der Waals surface area contributed by atoms with Crippen LogP contribution in [0.15, 0.2) is 46.7 Å². The zero-order valence-electron chi connectivity index (χ0n) is 15.8. The molecule has 2 heterocycles. The van der Waals surface area contributed by atoms with E-state index in [0.717, 1.165) is 50.4 Å². The second-order valence-electron chi connectivity index (χ2n) is 6.75. The number of unbranched alkanes of at least 4 members (excludes halogenated alkanes) is 1. The molecule has 0 amide bonds. The molecule has 3 rings (SSSR count). The van der Waals surface area contributed by atoms with Crippen molar-refractivity contribution in [3.8, 4) is 0 Å². The Kier molecular flexibility index (Phi) is 7.43. The van der Waals surface area contributed by atoms with Crippen LogP contribution in [-0.2, 0) is 21.2 Å². The molecule has 7 heteroatoms. The summed E-state index contributed by atoms with van der Waals surface area (Å²) < 4.78 is 33.6. The number of aryl methyl sites for hydroxylation is 1. The Bertz CT molecular complexity index is 806. The number of nitrogens with one attached hydrogen (secondary N) is 1. The molecule has 0 bridgehead atoms. The fraction of sp³-hybridized carbons (Fsp3) is 0.500. The highest BCUT2D eigenvalue weighted by Gasteiger charge is 2.21. The van der Waals surface area contributed by atoms with E-state index in [1.807, 2.05) is 31.2 Å². The summed E-state index contributed by atoms with van der Waals surface area (Å²) in [7, 11) is -3.36. The van der Waals surface area contributed by atoms with Gasteiger partial charge in [0.15, 0.2) is 0 Å². The maximum atomic E-state index is 12.3. The van der Waals surface area contributed by atoms with Crippen molar-refractivity contribution in [3.05, 3.63) is 52.9 Å². The van der Waals surface area contributed by atoms with E-state index >= 15 is 0 Å². The molecule has 1 aliphatic rings. The van der Waals surface area contributed by atoms with E-state index in [0.29, 0.717) is 10.8 Å². The van der Waals surface area contributed by atoms with Crippen LogP contribution in [-0.4, -0.2) is 46.1 Å². The lowest BCUT2D eigenvalue weighted by atomic mass is 10.1. The van der Waals surface area contributed by atoms with Crippen LogP contribution >= 0.6 is 11.3 Å². The second-order valence-corrected chi connectivity index (χ2v) is 9.91. The second kappa shape index (κ2) is 9.80. The predicted molar refractivity (Wildman–Crippen MR) is 110 cm³/mol. The lowest BCUT2D eigenvalue weighted by Crippen LogP contribution is -2.39. The quantitative estimate of drug-likeness (QED) is 0.646. The summed E-state index contributed by atoms with van der Waals surface area (Å²) in [5.41, 5.74) is 1.22. The largest absolute Gasteiger partial charge is 0.371 e. The van der Waals surface area contributed by atoms with E-state index in [1.54, 1.807) is 6.07 Å². The summed E-state index contributed by atoms with van der Waals surface area (Å²) in [5.74, 6) is 0. The first kappa shape index (κ1) is 20.5. The van der Waals surface area contributed by atoms with Gasteiger partial charge in [0, 0.05) is 24.5 Å². The maximum absolute atomic E-state index is 12.3. The zero-order chi connectivity index (χ0) is 19.1. The van der Waals surface area contributed by atoms with Gasteiger partial charge in [0.2, 0.25) is 10.0 Å². The van der Waals surface area contributed by atoms with Gasteiger partial charge in [0.25, 0.3) is 0 Å². The number of rotatable bonds is 9. The topological polar surface area (TPSA) is 58.6 Å². The molecule has 0 aliphatic carbocycles. The number of benzene rings is 1. The first-order valence-electron chi connectivity index (χ1n) is 9.56. The van der Waals surface area contributed by atoms with Crippen LogP contribution < -0.4 is 4.72 Å². The standard InChI is InChI=1S/C20H28N2O3S2/c1-2-18-10-11-20(26-18)27(23,24)21-12-6-7-13-22-14-15-25-19(16-22)17-8-4-3-5-9-17/h3-5,8-11,19,21H,2,6-7,12-16H2,1H3/t19-/m1/s1. The minimum absolute atomic E-state index is 0.130. The minimum Gasteiger partial charge on any atom is -0.371 e. The predicted octanol–water partition coefficient (Wildman–Crippen LogP) is 3.44. The number of sulfonamides is 1. The van der Waals surface area contributed by atoms with Crippen LogP contribution in [0.5, 0.6) is 0 Å². The molecule has 1 atom stereocenters. The maximum Gasteiger partial charge on any atom is 0.250 e. The molecule has 0 unspecified atom stereocenters. The Labute approximate surface area is 166 Å². The fourth-order valence-corrected chi connectivity index (χ4v) is 5.62. The third-order valence-corrected chi connectivity index (χ3v) is 7.95. The smallest absolute Gasteiger partial charge is 0.250 e. The van der Waals surface area contributed by atoms with E-state index in [1.165, 1.54) is 16.9 Å². The van der Waals surface area contributed by atoms with Crippen LogP contribution in [0.25, 0.3) is 0 Å². The van der Waals surface area contributed by atoms with Gasteiger partial charge < -0.3 is 4.74 Å². The number of nitrogens with zero attached hydrogens (tertiary/aromatic N) is 1. The molecule has 1 aromatic carbocycles.